The second kappa shape index (κ2) is 6.77. The Morgan fingerprint density at radius 1 is 1.44 bits per heavy atom. The molecule has 0 saturated heterocycles. The highest BCUT2D eigenvalue weighted by atomic mass is 16.5. The second-order valence-electron chi connectivity index (χ2n) is 5.76. The molecule has 1 atom stereocenters. The highest BCUT2D eigenvalue weighted by Crippen LogP contribution is 2.44. The van der Waals surface area contributed by atoms with E-state index in [1.165, 1.54) is 0 Å². The molecule has 0 spiro atoms. The van der Waals surface area contributed by atoms with Gasteiger partial charge in [0.1, 0.15) is 11.6 Å². The number of phenolic OH excluding ortho intramolecular Hbond substituents is 1. The number of nitrogens with two attached hydrogens (primary N) is 1. The van der Waals surface area contributed by atoms with Gasteiger partial charge in [-0.05, 0) is 31.0 Å². The third-order valence-electron chi connectivity index (χ3n) is 4.13. The van der Waals surface area contributed by atoms with Crippen molar-refractivity contribution in [1.29, 1.82) is 5.26 Å². The molecule has 130 valence electrons. The van der Waals surface area contributed by atoms with Crippen molar-refractivity contribution in [1.82, 2.24) is 10.2 Å². The summed E-state index contributed by atoms with van der Waals surface area (Å²) >= 11 is 0. The lowest BCUT2D eigenvalue weighted by atomic mass is 9.83. The summed E-state index contributed by atoms with van der Waals surface area (Å²) in [5.41, 5.74) is 8.76. The zero-order valence-electron chi connectivity index (χ0n) is 14.2. The van der Waals surface area contributed by atoms with Crippen LogP contribution in [0.15, 0.2) is 29.7 Å². The zero-order chi connectivity index (χ0) is 18.0. The summed E-state index contributed by atoms with van der Waals surface area (Å²) in [5.74, 6) is 0.421. The van der Waals surface area contributed by atoms with Gasteiger partial charge in [0.2, 0.25) is 11.8 Å². The number of phenols is 1. The van der Waals surface area contributed by atoms with Gasteiger partial charge in [-0.2, -0.15) is 5.26 Å². The lowest BCUT2D eigenvalue weighted by Crippen LogP contribution is -2.21. The van der Waals surface area contributed by atoms with Crippen molar-refractivity contribution in [3.8, 4) is 23.4 Å². The number of fused-ring (bicyclic) bond motifs is 1. The number of nitrogens with one attached hydrogen (secondary N) is 1. The number of hydrogen-bond donors (Lipinski definition) is 3. The smallest absolute Gasteiger partial charge is 0.244 e. The van der Waals surface area contributed by atoms with E-state index in [1.54, 1.807) is 18.2 Å². The van der Waals surface area contributed by atoms with E-state index >= 15 is 0 Å². The van der Waals surface area contributed by atoms with Crippen molar-refractivity contribution in [3.05, 3.63) is 46.5 Å². The molecule has 1 aliphatic heterocycles. The summed E-state index contributed by atoms with van der Waals surface area (Å²) in [6.07, 6.45) is 1.69. The van der Waals surface area contributed by atoms with Gasteiger partial charge in [-0.3, -0.25) is 5.10 Å². The number of aromatic amines is 1. The summed E-state index contributed by atoms with van der Waals surface area (Å²) in [6, 6.07) is 7.19. The molecule has 1 aliphatic rings. The molecule has 0 bridgehead atoms. The standard InChI is InChI=1S/C18H20N4O3/c1-3-5-12-16-15(10-6-7-13(23)14(8-10)24-4-2)11(9-19)17(20)25-18(16)22-21-12/h6-8,15,23H,3-5,20H2,1-2H3,(H,21,22). The third kappa shape index (κ3) is 2.87. The maximum Gasteiger partial charge on any atom is 0.244 e. The second-order valence-corrected chi connectivity index (χ2v) is 5.76. The van der Waals surface area contributed by atoms with Crippen LogP contribution in [0.4, 0.5) is 0 Å². The molecule has 2 heterocycles. The minimum Gasteiger partial charge on any atom is -0.504 e. The predicted octanol–water partition coefficient (Wildman–Crippen LogP) is 2.68. The van der Waals surface area contributed by atoms with E-state index < -0.39 is 5.92 Å². The Hall–Kier alpha value is -3.14. The molecule has 0 amide bonds. The van der Waals surface area contributed by atoms with Gasteiger partial charge < -0.3 is 20.3 Å². The number of aryl methyl sites for hydroxylation is 1. The molecule has 7 nitrogen and oxygen atoms in total. The van der Waals surface area contributed by atoms with Crippen LogP contribution in [0.25, 0.3) is 0 Å². The highest BCUT2D eigenvalue weighted by molar-refractivity contribution is 5.57. The summed E-state index contributed by atoms with van der Waals surface area (Å²) in [7, 11) is 0. The van der Waals surface area contributed by atoms with Crippen molar-refractivity contribution < 1.29 is 14.6 Å². The van der Waals surface area contributed by atoms with Gasteiger partial charge in [-0.1, -0.05) is 19.4 Å². The summed E-state index contributed by atoms with van der Waals surface area (Å²) in [6.45, 7) is 4.33. The van der Waals surface area contributed by atoms with Crippen LogP contribution in [0.1, 0.15) is 43.0 Å². The van der Waals surface area contributed by atoms with Gasteiger partial charge in [0.05, 0.1) is 12.5 Å². The maximum absolute atomic E-state index is 9.96. The van der Waals surface area contributed by atoms with Crippen molar-refractivity contribution >= 4 is 0 Å². The Balaban J connectivity index is 2.18. The number of ether oxygens (including phenoxy) is 2. The maximum atomic E-state index is 9.96. The molecule has 1 aromatic heterocycles. The molecule has 0 aliphatic carbocycles. The number of benzene rings is 1. The topological polar surface area (TPSA) is 117 Å². The van der Waals surface area contributed by atoms with Crippen molar-refractivity contribution in [2.45, 2.75) is 32.6 Å². The average Bonchev–Trinajstić information content (AvgIpc) is 2.98. The van der Waals surface area contributed by atoms with Crippen molar-refractivity contribution in [2.24, 2.45) is 5.73 Å². The SMILES string of the molecule is CCCc1[nH]nc2c1C(c1ccc(O)c(OCC)c1)C(C#N)=C(N)O2. The minimum atomic E-state index is -0.422. The molecule has 25 heavy (non-hydrogen) atoms. The Morgan fingerprint density at radius 3 is 2.92 bits per heavy atom. The number of allylic oxidation sites excluding steroid dienone is 1. The van der Waals surface area contributed by atoms with Crippen LogP contribution < -0.4 is 15.2 Å². The molecule has 0 saturated carbocycles. The molecule has 1 unspecified atom stereocenters. The number of hydrogen-bond acceptors (Lipinski definition) is 6. The highest BCUT2D eigenvalue weighted by Gasteiger charge is 2.35. The molecule has 7 heteroatoms. The first-order chi connectivity index (χ1) is 12.1. The van der Waals surface area contributed by atoms with Crippen LogP contribution in [0.2, 0.25) is 0 Å². The van der Waals surface area contributed by atoms with Gasteiger partial charge in [-0.25, -0.2) is 0 Å². The quantitative estimate of drug-likeness (QED) is 0.770. The van der Waals surface area contributed by atoms with E-state index in [-0.39, 0.29) is 11.6 Å². The first-order valence-corrected chi connectivity index (χ1v) is 8.21. The molecule has 0 fully saturated rings. The Bertz CT molecular complexity index is 864. The molecule has 2 aromatic rings. The van der Waals surface area contributed by atoms with Crippen LogP contribution in [0.3, 0.4) is 0 Å². The van der Waals surface area contributed by atoms with E-state index in [1.807, 2.05) is 6.92 Å². The van der Waals surface area contributed by atoms with Gasteiger partial charge in [0.15, 0.2) is 11.5 Å². The third-order valence-corrected chi connectivity index (χ3v) is 4.13. The number of aromatic hydroxyl groups is 1. The number of rotatable bonds is 5. The predicted molar refractivity (Wildman–Crippen MR) is 91.2 cm³/mol. The first kappa shape index (κ1) is 16.7. The molecule has 1 aromatic carbocycles. The summed E-state index contributed by atoms with van der Waals surface area (Å²) in [5, 5.41) is 26.8. The monoisotopic (exact) mass is 340 g/mol. The van der Waals surface area contributed by atoms with Gasteiger partial charge >= 0.3 is 0 Å². The summed E-state index contributed by atoms with van der Waals surface area (Å²) in [4.78, 5) is 0. The zero-order valence-corrected chi connectivity index (χ0v) is 14.2. The van der Waals surface area contributed by atoms with Crippen molar-refractivity contribution in [2.75, 3.05) is 6.61 Å². The fourth-order valence-electron chi connectivity index (χ4n) is 3.06. The fourth-order valence-corrected chi connectivity index (χ4v) is 3.06. The largest absolute Gasteiger partial charge is 0.504 e. The van der Waals surface area contributed by atoms with E-state index in [0.717, 1.165) is 29.7 Å². The minimum absolute atomic E-state index is 0.0422. The lowest BCUT2D eigenvalue weighted by molar-refractivity contribution is 0.317. The number of nitrogens with zero attached hydrogens (tertiary/aromatic N) is 2. The first-order valence-electron chi connectivity index (χ1n) is 8.21. The van der Waals surface area contributed by atoms with E-state index in [2.05, 4.69) is 23.2 Å². The van der Waals surface area contributed by atoms with Crippen LogP contribution in [0, 0.1) is 11.3 Å². The van der Waals surface area contributed by atoms with Gasteiger partial charge in [-0.15, -0.1) is 5.10 Å². The van der Waals surface area contributed by atoms with Crippen LogP contribution in [-0.4, -0.2) is 21.9 Å². The number of nitriles is 1. The normalized spacial score (nSPS) is 16.1. The summed E-state index contributed by atoms with van der Waals surface area (Å²) < 4.78 is 11.0. The van der Waals surface area contributed by atoms with Crippen molar-refractivity contribution in [3.63, 3.8) is 0 Å². The number of aromatic nitrogens is 2. The van der Waals surface area contributed by atoms with Crippen LogP contribution in [0.5, 0.6) is 17.4 Å². The van der Waals surface area contributed by atoms with Gasteiger partial charge in [0, 0.05) is 11.3 Å². The molecule has 3 rings (SSSR count). The molecular formula is C18H20N4O3. The molecule has 0 radical (unpaired) electrons. The molecule has 4 N–H and O–H groups in total. The lowest BCUT2D eigenvalue weighted by Gasteiger charge is -2.24. The van der Waals surface area contributed by atoms with E-state index in [4.69, 9.17) is 15.2 Å². The van der Waals surface area contributed by atoms with Gasteiger partial charge in [0.25, 0.3) is 0 Å². The van der Waals surface area contributed by atoms with Crippen LogP contribution in [-0.2, 0) is 6.42 Å². The Kier molecular flexibility index (Phi) is 4.52. The Labute approximate surface area is 145 Å². The van der Waals surface area contributed by atoms with E-state index in [9.17, 15) is 10.4 Å². The van der Waals surface area contributed by atoms with Crippen LogP contribution >= 0.6 is 0 Å². The van der Waals surface area contributed by atoms with E-state index in [0.29, 0.717) is 23.8 Å². The fraction of sp³-hybridized carbons (Fsp3) is 0.333. The Morgan fingerprint density at radius 2 is 2.24 bits per heavy atom. The average molecular weight is 340 g/mol. The number of H-pyrrole nitrogens is 1. The molecular weight excluding hydrogens is 320 g/mol.